The first-order valence-electron chi connectivity index (χ1n) is 11.2. The van der Waals surface area contributed by atoms with Crippen LogP contribution in [0.15, 0.2) is 41.7 Å². The van der Waals surface area contributed by atoms with Gasteiger partial charge in [0.1, 0.15) is 17.3 Å². The monoisotopic (exact) mass is 487 g/mol. The third-order valence-corrected chi connectivity index (χ3v) is 7.61. The van der Waals surface area contributed by atoms with E-state index in [0.717, 1.165) is 41.6 Å². The second kappa shape index (κ2) is 9.03. The van der Waals surface area contributed by atoms with Gasteiger partial charge in [-0.05, 0) is 31.0 Å². The Morgan fingerprint density at radius 2 is 2.09 bits per heavy atom. The molecule has 5 rings (SSSR count). The number of nitrogens with zero attached hydrogens (tertiary/aromatic N) is 6. The highest BCUT2D eigenvalue weighted by molar-refractivity contribution is 7.97. The van der Waals surface area contributed by atoms with E-state index in [2.05, 4.69) is 24.2 Å². The lowest BCUT2D eigenvalue weighted by atomic mass is 10.2. The molecule has 3 aromatic heterocycles. The summed E-state index contributed by atoms with van der Waals surface area (Å²) in [5, 5.41) is 2.94. The molecule has 1 fully saturated rings. The van der Waals surface area contributed by atoms with Crippen molar-refractivity contribution < 1.29 is 13.6 Å². The van der Waals surface area contributed by atoms with Crippen LogP contribution in [0.4, 0.5) is 14.6 Å². The van der Waals surface area contributed by atoms with Crippen molar-refractivity contribution in [1.82, 2.24) is 28.7 Å². The van der Waals surface area contributed by atoms with E-state index in [1.165, 1.54) is 0 Å². The van der Waals surface area contributed by atoms with E-state index in [9.17, 15) is 13.6 Å². The molecule has 1 amide bonds. The lowest BCUT2D eigenvalue weighted by Crippen LogP contribution is -2.29. The third kappa shape index (κ3) is 4.54. The Morgan fingerprint density at radius 1 is 1.24 bits per heavy atom. The fourth-order valence-corrected chi connectivity index (χ4v) is 5.45. The summed E-state index contributed by atoms with van der Waals surface area (Å²) in [6.45, 7) is 4.63. The van der Waals surface area contributed by atoms with Crippen LogP contribution < -0.4 is 10.2 Å². The number of imidazole rings is 1. The van der Waals surface area contributed by atoms with Crippen LogP contribution in [0, 0.1) is 6.92 Å². The van der Waals surface area contributed by atoms with Gasteiger partial charge in [-0.25, -0.2) is 23.1 Å². The molecule has 0 aromatic carbocycles. The highest BCUT2D eigenvalue weighted by Crippen LogP contribution is 2.32. The van der Waals surface area contributed by atoms with Crippen LogP contribution in [0.5, 0.6) is 0 Å². The highest BCUT2D eigenvalue weighted by Gasteiger charge is 2.39. The van der Waals surface area contributed by atoms with Gasteiger partial charge in [-0.15, -0.1) is 0 Å². The predicted octanol–water partition coefficient (Wildman–Crippen LogP) is 3.22. The summed E-state index contributed by atoms with van der Waals surface area (Å²) >= 11 is 1.64. The molecule has 11 heteroatoms. The number of halogens is 2. The molecule has 5 heterocycles. The number of alkyl halides is 2. The number of nitrogens with one attached hydrogen (secondary N) is 1. The van der Waals surface area contributed by atoms with Crippen LogP contribution >= 0.6 is 11.9 Å². The molecule has 0 saturated carbocycles. The Bertz CT molecular complexity index is 1210. The van der Waals surface area contributed by atoms with E-state index in [4.69, 9.17) is 0 Å². The largest absolute Gasteiger partial charge is 0.350 e. The summed E-state index contributed by atoms with van der Waals surface area (Å²) in [7, 11) is 1.87. The maximum absolute atomic E-state index is 13.7. The molecule has 1 saturated heterocycles. The van der Waals surface area contributed by atoms with Crippen LogP contribution in [0.1, 0.15) is 34.0 Å². The SMILES string of the molecule is Cc1c(SN2CCn3ccnc3C2)cc(C(=O)NCc2cccnc2N2CCC(F)(F)C2)n1C. The minimum Gasteiger partial charge on any atom is -0.350 e. The average molecular weight is 488 g/mol. The van der Waals surface area contributed by atoms with Crippen molar-refractivity contribution in [3.8, 4) is 0 Å². The molecule has 0 aliphatic carbocycles. The summed E-state index contributed by atoms with van der Waals surface area (Å²) in [4.78, 5) is 24.4. The van der Waals surface area contributed by atoms with Crippen molar-refractivity contribution >= 4 is 23.7 Å². The van der Waals surface area contributed by atoms with Crippen LogP contribution in [-0.2, 0) is 26.7 Å². The molecule has 8 nitrogen and oxygen atoms in total. The second-order valence-electron chi connectivity index (χ2n) is 8.73. The summed E-state index contributed by atoms with van der Waals surface area (Å²) in [6, 6.07) is 5.48. The minimum absolute atomic E-state index is 0.183. The number of aromatic nitrogens is 4. The summed E-state index contributed by atoms with van der Waals surface area (Å²) in [5.74, 6) is -1.38. The number of carbonyl (C=O) groups excluding carboxylic acids is 1. The van der Waals surface area contributed by atoms with Crippen molar-refractivity contribution in [3.05, 3.63) is 59.6 Å². The van der Waals surface area contributed by atoms with Gasteiger partial charge in [-0.3, -0.25) is 4.79 Å². The molecule has 180 valence electrons. The smallest absolute Gasteiger partial charge is 0.268 e. The fourth-order valence-electron chi connectivity index (χ4n) is 4.39. The number of carbonyl (C=O) groups is 1. The molecule has 0 bridgehead atoms. The number of hydrogen-bond acceptors (Lipinski definition) is 6. The Hall–Kier alpha value is -2.92. The third-order valence-electron chi connectivity index (χ3n) is 6.43. The van der Waals surface area contributed by atoms with Gasteiger partial charge in [0.2, 0.25) is 0 Å². The zero-order valence-electron chi connectivity index (χ0n) is 19.2. The molecule has 2 aliphatic rings. The van der Waals surface area contributed by atoms with Crippen molar-refractivity contribution in [2.45, 2.75) is 43.8 Å². The summed E-state index contributed by atoms with van der Waals surface area (Å²) in [5.41, 5.74) is 2.28. The number of anilines is 1. The Labute approximate surface area is 201 Å². The van der Waals surface area contributed by atoms with Crippen LogP contribution in [0.3, 0.4) is 0 Å². The molecular weight excluding hydrogens is 460 g/mol. The molecule has 0 radical (unpaired) electrons. The fraction of sp³-hybridized carbons (Fsp3) is 0.435. The summed E-state index contributed by atoms with van der Waals surface area (Å²) < 4.78 is 33.7. The maximum Gasteiger partial charge on any atom is 0.268 e. The predicted molar refractivity (Wildman–Crippen MR) is 126 cm³/mol. The van der Waals surface area contributed by atoms with Gasteiger partial charge in [0, 0.05) is 74.4 Å². The average Bonchev–Trinajstić information content (AvgIpc) is 3.51. The van der Waals surface area contributed by atoms with E-state index >= 15 is 0 Å². The number of pyridine rings is 1. The molecule has 3 aromatic rings. The Kier molecular flexibility index (Phi) is 6.07. The van der Waals surface area contributed by atoms with Gasteiger partial charge >= 0.3 is 0 Å². The Morgan fingerprint density at radius 3 is 2.88 bits per heavy atom. The zero-order valence-corrected chi connectivity index (χ0v) is 20.0. The first-order valence-corrected chi connectivity index (χ1v) is 12.0. The normalized spacial score (nSPS) is 17.7. The van der Waals surface area contributed by atoms with Crippen molar-refractivity contribution in [3.63, 3.8) is 0 Å². The first-order chi connectivity index (χ1) is 16.3. The topological polar surface area (TPSA) is 71.2 Å². The Balaban J connectivity index is 1.26. The molecule has 0 unspecified atom stereocenters. The molecule has 34 heavy (non-hydrogen) atoms. The lowest BCUT2D eigenvalue weighted by Gasteiger charge is -2.26. The summed E-state index contributed by atoms with van der Waals surface area (Å²) in [6.07, 6.45) is 5.23. The van der Waals surface area contributed by atoms with Gasteiger partial charge in [0.05, 0.1) is 13.1 Å². The molecular formula is C23H27F2N7OS. The van der Waals surface area contributed by atoms with Crippen LogP contribution in [-0.4, -0.2) is 54.9 Å². The zero-order chi connectivity index (χ0) is 23.9. The number of fused-ring (bicyclic) bond motifs is 1. The molecule has 0 spiro atoms. The number of amides is 1. The van der Waals surface area contributed by atoms with Crippen LogP contribution in [0.25, 0.3) is 0 Å². The maximum atomic E-state index is 13.7. The van der Waals surface area contributed by atoms with E-state index < -0.39 is 5.92 Å². The van der Waals surface area contributed by atoms with Gasteiger partial charge < -0.3 is 19.4 Å². The van der Waals surface area contributed by atoms with Gasteiger partial charge in [0.15, 0.2) is 0 Å². The first kappa shape index (κ1) is 22.9. The van der Waals surface area contributed by atoms with Gasteiger partial charge in [-0.2, -0.15) is 0 Å². The van der Waals surface area contributed by atoms with Crippen LogP contribution in [0.2, 0.25) is 0 Å². The van der Waals surface area contributed by atoms with E-state index in [0.29, 0.717) is 11.5 Å². The number of rotatable bonds is 6. The standard InChI is InChI=1S/C23H27F2N7OS/c1-16-19(34-32-11-10-30-9-7-26-20(30)14-32)12-18(29(16)2)22(33)28-13-17-4-3-6-27-21(17)31-8-5-23(24,25)15-31/h3-4,6-7,9,12H,5,8,10-11,13-15H2,1-2H3,(H,28,33). The van der Waals surface area contributed by atoms with Crippen molar-refractivity contribution in [1.29, 1.82) is 0 Å². The second-order valence-corrected chi connectivity index (χ2v) is 9.87. The highest BCUT2D eigenvalue weighted by atomic mass is 32.2. The van der Waals surface area contributed by atoms with E-state index in [1.807, 2.05) is 43.1 Å². The molecule has 1 N–H and O–H groups in total. The lowest BCUT2D eigenvalue weighted by molar-refractivity contribution is 0.0256. The van der Waals surface area contributed by atoms with E-state index in [-0.39, 0.29) is 32.0 Å². The van der Waals surface area contributed by atoms with Gasteiger partial charge in [-0.1, -0.05) is 6.07 Å². The number of hydrogen-bond donors (Lipinski definition) is 1. The van der Waals surface area contributed by atoms with E-state index in [1.54, 1.807) is 29.1 Å². The minimum atomic E-state index is -2.71. The molecule has 0 atom stereocenters. The van der Waals surface area contributed by atoms with Gasteiger partial charge in [0.25, 0.3) is 11.8 Å². The van der Waals surface area contributed by atoms with Crippen molar-refractivity contribution in [2.75, 3.05) is 24.5 Å². The van der Waals surface area contributed by atoms with Crippen molar-refractivity contribution in [2.24, 2.45) is 7.05 Å². The molecule has 2 aliphatic heterocycles. The quantitative estimate of drug-likeness (QED) is 0.539.